The van der Waals surface area contributed by atoms with E-state index in [0.29, 0.717) is 5.19 Å². The van der Waals surface area contributed by atoms with Crippen molar-refractivity contribution in [3.63, 3.8) is 0 Å². The number of aliphatic hydroxyl groups excluding tert-OH is 4. The molecule has 0 spiro atoms. The van der Waals surface area contributed by atoms with Crippen molar-refractivity contribution >= 4 is 25.4 Å². The monoisotopic (exact) mass is 707 g/mol. The molecule has 3 aliphatic rings. The summed E-state index contributed by atoms with van der Waals surface area (Å²) in [6.07, 6.45) is -13.8. The first kappa shape index (κ1) is 37.1. The lowest BCUT2D eigenvalue weighted by atomic mass is 9.96. The van der Waals surface area contributed by atoms with Crippen LogP contribution in [0, 0.1) is 0 Å². The van der Waals surface area contributed by atoms with Crippen molar-refractivity contribution in [2.45, 2.75) is 124 Å². The Kier molecular flexibility index (Phi) is 11.3. The van der Waals surface area contributed by atoms with Crippen molar-refractivity contribution in [3.05, 3.63) is 70.6 Å². The van der Waals surface area contributed by atoms with Crippen molar-refractivity contribution in [2.24, 2.45) is 5.11 Å². The molecule has 11 atom stereocenters. The standard InChI is InChI=1S/C33H46FN3O9SSi/c1-32(2,3)48(34,33(4,5)6)20-14-12-19(13-15-20)47-17-22-28(23(38)25(40)29(43-22)36-37-35)46-31-26(41)24(39)27-21(44-31)16-42-30(45-27)18-10-8-7-9-11-18/h7-15,21-31,38-41H,16-17H2,1-6H3/t21?,22?,23?,24?,25?,26?,27-,28+,29+,30?,31-/m0/s1. The molecule has 3 heterocycles. The van der Waals surface area contributed by atoms with Gasteiger partial charge in [-0.15, -0.1) is 11.8 Å². The lowest BCUT2D eigenvalue weighted by molar-refractivity contribution is -0.377. The lowest BCUT2D eigenvalue weighted by Crippen LogP contribution is -2.65. The quantitative estimate of drug-likeness (QED) is 0.0777. The Hall–Kier alpha value is -2.11. The number of hydrogen-bond donors (Lipinski definition) is 4. The molecule has 0 radical (unpaired) electrons. The van der Waals surface area contributed by atoms with E-state index in [-0.39, 0.29) is 12.4 Å². The van der Waals surface area contributed by atoms with E-state index in [4.69, 9.17) is 29.2 Å². The highest BCUT2D eigenvalue weighted by Gasteiger charge is 2.57. The summed E-state index contributed by atoms with van der Waals surface area (Å²) >= 11 is 1.34. The van der Waals surface area contributed by atoms with Crippen LogP contribution in [-0.2, 0) is 23.7 Å². The predicted octanol–water partition coefficient (Wildman–Crippen LogP) is 4.20. The zero-order valence-corrected chi connectivity index (χ0v) is 29.7. The lowest BCUT2D eigenvalue weighted by Gasteiger charge is -2.48. The smallest absolute Gasteiger partial charge is 0.288 e. The second-order valence-corrected chi connectivity index (χ2v) is 20.5. The van der Waals surface area contributed by atoms with Crippen LogP contribution in [-0.4, -0.2) is 103 Å². The number of rotatable bonds is 8. The number of ether oxygens (including phenoxy) is 5. The molecule has 3 fully saturated rings. The molecule has 0 amide bonds. The fraction of sp³-hybridized carbons (Fsp3) is 0.636. The Bertz CT molecular complexity index is 1410. The number of halogens is 1. The molecule has 48 heavy (non-hydrogen) atoms. The average molecular weight is 708 g/mol. The van der Waals surface area contributed by atoms with Crippen LogP contribution in [0.4, 0.5) is 4.11 Å². The summed E-state index contributed by atoms with van der Waals surface area (Å²) in [4.78, 5) is 3.52. The van der Waals surface area contributed by atoms with E-state index in [1.807, 2.05) is 96.1 Å². The molecular weight excluding hydrogens is 662 g/mol. The molecule has 0 aromatic heterocycles. The topological polar surface area (TPSA) is 176 Å². The van der Waals surface area contributed by atoms with Gasteiger partial charge in [-0.3, -0.25) is 0 Å². The minimum atomic E-state index is -3.46. The zero-order valence-electron chi connectivity index (χ0n) is 27.9. The third-order valence-electron chi connectivity index (χ3n) is 9.25. The Morgan fingerprint density at radius 1 is 0.896 bits per heavy atom. The summed E-state index contributed by atoms with van der Waals surface area (Å²) < 4.78 is 46.5. The van der Waals surface area contributed by atoms with Gasteiger partial charge in [0.1, 0.15) is 42.7 Å². The van der Waals surface area contributed by atoms with Crippen LogP contribution < -0.4 is 5.19 Å². The Morgan fingerprint density at radius 2 is 1.54 bits per heavy atom. The minimum absolute atomic E-state index is 0.0297. The molecule has 12 nitrogen and oxygen atoms in total. The molecule has 5 rings (SSSR count). The third kappa shape index (κ3) is 7.34. The van der Waals surface area contributed by atoms with Gasteiger partial charge in [0.15, 0.2) is 18.8 Å². The van der Waals surface area contributed by atoms with Gasteiger partial charge >= 0.3 is 0 Å². The summed E-state index contributed by atoms with van der Waals surface area (Å²) in [5.41, 5.74) is 9.77. The van der Waals surface area contributed by atoms with Gasteiger partial charge in [-0.25, -0.2) is 0 Å². The van der Waals surface area contributed by atoms with E-state index in [1.54, 1.807) is 0 Å². The summed E-state index contributed by atoms with van der Waals surface area (Å²) in [6, 6.07) is 16.5. The van der Waals surface area contributed by atoms with Gasteiger partial charge in [0, 0.05) is 21.1 Å². The number of fused-ring (bicyclic) bond motifs is 1. The number of aliphatic hydroxyl groups is 4. The largest absolute Gasteiger partial charge is 0.387 e. The Labute approximate surface area is 285 Å². The van der Waals surface area contributed by atoms with Crippen molar-refractivity contribution < 1.29 is 48.2 Å². The number of azide groups is 1. The van der Waals surface area contributed by atoms with Gasteiger partial charge < -0.3 is 48.2 Å². The van der Waals surface area contributed by atoms with Crippen molar-refractivity contribution in [1.82, 2.24) is 0 Å². The van der Waals surface area contributed by atoms with Gasteiger partial charge in [0.05, 0.1) is 12.7 Å². The van der Waals surface area contributed by atoms with E-state index in [9.17, 15) is 20.4 Å². The summed E-state index contributed by atoms with van der Waals surface area (Å²) in [5, 5.41) is 47.0. The van der Waals surface area contributed by atoms with Crippen LogP contribution >= 0.6 is 11.8 Å². The molecule has 0 aliphatic carbocycles. The second kappa shape index (κ2) is 14.6. The first-order valence-electron chi connectivity index (χ1n) is 16.0. The predicted molar refractivity (Wildman–Crippen MR) is 178 cm³/mol. The second-order valence-electron chi connectivity index (χ2n) is 14.5. The van der Waals surface area contributed by atoms with E-state index in [0.717, 1.165) is 10.5 Å². The van der Waals surface area contributed by atoms with E-state index >= 15 is 4.11 Å². The van der Waals surface area contributed by atoms with Crippen LogP contribution in [0.1, 0.15) is 53.4 Å². The molecule has 3 saturated heterocycles. The first-order chi connectivity index (χ1) is 22.6. The number of hydrogen-bond acceptors (Lipinski definition) is 11. The van der Waals surface area contributed by atoms with Gasteiger partial charge in [0.2, 0.25) is 0 Å². The average Bonchev–Trinajstić information content (AvgIpc) is 3.05. The van der Waals surface area contributed by atoms with Crippen LogP contribution in [0.5, 0.6) is 0 Å². The summed E-state index contributed by atoms with van der Waals surface area (Å²) in [6.45, 7) is 11.7. The number of nitrogens with zero attached hydrogens (tertiary/aromatic N) is 3. The summed E-state index contributed by atoms with van der Waals surface area (Å²) in [5.74, 6) is 0.157. The van der Waals surface area contributed by atoms with Crippen LogP contribution in [0.3, 0.4) is 0 Å². The zero-order chi connectivity index (χ0) is 35.0. The molecule has 2 aromatic rings. The fourth-order valence-corrected chi connectivity index (χ4v) is 12.5. The Morgan fingerprint density at radius 3 is 2.15 bits per heavy atom. The normalized spacial score (nSPS) is 34.6. The van der Waals surface area contributed by atoms with Crippen LogP contribution in [0.2, 0.25) is 10.1 Å². The molecule has 4 N–H and O–H groups in total. The highest BCUT2D eigenvalue weighted by atomic mass is 32.2. The molecular formula is C33H46FN3O9SSi. The van der Waals surface area contributed by atoms with Crippen molar-refractivity contribution in [3.8, 4) is 0 Å². The molecule has 0 saturated carbocycles. The first-order valence-corrected chi connectivity index (χ1v) is 18.9. The maximum absolute atomic E-state index is 16.8. The van der Waals surface area contributed by atoms with E-state index in [2.05, 4.69) is 10.0 Å². The maximum atomic E-state index is 16.8. The highest BCUT2D eigenvalue weighted by molar-refractivity contribution is 7.99. The van der Waals surface area contributed by atoms with E-state index in [1.165, 1.54) is 11.8 Å². The molecule has 3 aliphatic heterocycles. The number of benzene rings is 2. The fourth-order valence-electron chi connectivity index (χ4n) is 6.94. The molecule has 15 heteroatoms. The van der Waals surface area contributed by atoms with Gasteiger partial charge in [-0.2, -0.15) is 0 Å². The van der Waals surface area contributed by atoms with Gasteiger partial charge in [-0.05, 0) is 32.9 Å². The highest BCUT2D eigenvalue weighted by Crippen LogP contribution is 2.51. The summed E-state index contributed by atoms with van der Waals surface area (Å²) in [7, 11) is -3.46. The van der Waals surface area contributed by atoms with Crippen molar-refractivity contribution in [1.29, 1.82) is 0 Å². The molecule has 0 bridgehead atoms. The maximum Gasteiger partial charge on any atom is 0.288 e. The SMILES string of the molecule is CC(C)(C)[Si](F)(c1ccc(SCC2O[C@@H](N=[N+]=[N-])C(O)C(O)[C@@H]2O[C@@H]2OC3COC(c4ccccc4)O[C@@H]3C(O)C2O)cc1)C(C)(C)C. The molecule has 264 valence electrons. The van der Waals surface area contributed by atoms with E-state index < -0.39 is 86.1 Å². The number of thioether (sulfide) groups is 1. The molecule has 2 aromatic carbocycles. The van der Waals surface area contributed by atoms with Gasteiger partial charge in [0.25, 0.3) is 8.41 Å². The van der Waals surface area contributed by atoms with Crippen LogP contribution in [0.15, 0.2) is 64.6 Å². The minimum Gasteiger partial charge on any atom is -0.387 e. The Balaban J connectivity index is 1.30. The molecule has 7 unspecified atom stereocenters. The van der Waals surface area contributed by atoms with Gasteiger partial charge in [-0.1, -0.05) is 89.1 Å². The third-order valence-corrected chi connectivity index (χ3v) is 15.6. The van der Waals surface area contributed by atoms with Crippen molar-refractivity contribution in [2.75, 3.05) is 12.4 Å². The van der Waals surface area contributed by atoms with Crippen LogP contribution in [0.25, 0.3) is 10.4 Å².